The molecule has 2 fully saturated rings. The number of likely N-dealkylation sites (tertiary alicyclic amines) is 1. The molecule has 11 atom stereocenters. The van der Waals surface area contributed by atoms with Crippen LogP contribution in [0.1, 0.15) is 127 Å². The molecule has 37 heteroatoms. The third-order valence-electron chi connectivity index (χ3n) is 19.8. The largest absolute Gasteiger partial charge is 0.550 e. The Kier molecular flexibility index (Phi) is 37.8. The van der Waals surface area contributed by atoms with Crippen LogP contribution in [0.4, 0.5) is 15.3 Å². The molecule has 2 aliphatic heterocycles. The number of primary amides is 1. The zero-order valence-corrected chi connectivity index (χ0v) is 69.8. The van der Waals surface area contributed by atoms with Gasteiger partial charge >= 0.3 is 18.0 Å². The van der Waals surface area contributed by atoms with E-state index in [1.807, 2.05) is 56.3 Å². The Morgan fingerprint density at radius 1 is 0.574 bits per heavy atom. The first kappa shape index (κ1) is 96.3. The number of rotatable bonds is 42. The average Bonchev–Trinajstić information content (AvgIpc) is 1.46. The van der Waals surface area contributed by atoms with Crippen LogP contribution in [0.2, 0.25) is 5.02 Å². The number of urea groups is 2. The first-order valence-electron chi connectivity index (χ1n) is 40.1. The van der Waals surface area contributed by atoms with Gasteiger partial charge in [0.25, 0.3) is 0 Å². The van der Waals surface area contributed by atoms with Gasteiger partial charge in [-0.25, -0.2) is 14.4 Å². The van der Waals surface area contributed by atoms with Crippen LogP contribution >= 0.6 is 11.6 Å². The van der Waals surface area contributed by atoms with Crippen LogP contribution < -0.4 is 91.0 Å². The second-order valence-corrected chi connectivity index (χ2v) is 31.1. The number of carbonyl (C=O) groups excluding carboxylic acids is 16. The number of imide groups is 1. The minimum Gasteiger partial charge on any atom is -0.550 e. The molecule has 0 saturated carbocycles. The first-order chi connectivity index (χ1) is 58.0. The number of nitrogens with one attached hydrogen (secondary N) is 14. The summed E-state index contributed by atoms with van der Waals surface area (Å²) in [6.45, 7) is 10.9. The molecule has 2 saturated heterocycles. The van der Waals surface area contributed by atoms with E-state index in [1.54, 1.807) is 74.5 Å². The number of unbranched alkanes of at least 4 members (excludes halogenated alkanes) is 1. The molecule has 2 aliphatic rings. The number of halogens is 1. The van der Waals surface area contributed by atoms with Gasteiger partial charge < -0.3 is 94.8 Å². The maximum absolute atomic E-state index is 15.5. The van der Waals surface area contributed by atoms with Crippen LogP contribution in [0.25, 0.3) is 10.8 Å². The molecule has 122 heavy (non-hydrogen) atoms. The summed E-state index contributed by atoms with van der Waals surface area (Å²) in [7, 11) is 0. The van der Waals surface area contributed by atoms with Gasteiger partial charge in [-0.3, -0.25) is 73.6 Å². The SMILES string of the molecule is CC(=O)N[C@H](Cc1ccc2ccccc2c1)C(=O)N[C@H](Cc1ccc(Cl)cc1)C(=O)N[C@H](Cc1cccnc1)C(=O)N[C@@H](CO)C(=O)N[C@@H](Cc1ccc(NC(=O)[C@@H]2CC(=O)NC(=O)N2)cc1)C(=O)N[C@H](Cc1ccc(CNC(N)=O)cc1)C(=O)N[C@@H](CC(C)C)C(=O)N[C@@H](CCCCNC(C)C)C(=O)N1CCC[C@H]1C(=O)N[C@H](C)C([NH3+])=O.CC(=O)[O-]. The highest BCUT2D eigenvalue weighted by atomic mass is 35.5. The molecule has 8 rings (SSSR count). The highest BCUT2D eigenvalue weighted by Gasteiger charge is 2.41. The number of aliphatic hydroxyl groups excluding tert-OH is 1. The van der Waals surface area contributed by atoms with Gasteiger partial charge in [-0.1, -0.05) is 136 Å². The van der Waals surface area contributed by atoms with E-state index in [4.69, 9.17) is 27.2 Å². The first-order valence-corrected chi connectivity index (χ1v) is 40.5. The number of carboxylic acids is 1. The maximum atomic E-state index is 15.5. The van der Waals surface area contributed by atoms with Gasteiger partial charge in [0.05, 0.1) is 13.0 Å². The minimum atomic E-state index is -1.92. The fourth-order valence-electron chi connectivity index (χ4n) is 13.5. The van der Waals surface area contributed by atoms with Gasteiger partial charge in [0.1, 0.15) is 66.5 Å². The van der Waals surface area contributed by atoms with Crippen molar-refractivity contribution in [3.63, 3.8) is 0 Å². The Hall–Kier alpha value is -12.8. The number of benzene rings is 5. The monoisotopic (exact) mass is 1700 g/mol. The van der Waals surface area contributed by atoms with Crippen LogP contribution in [0.3, 0.4) is 0 Å². The number of hydrogen-bond donors (Lipinski definition) is 17. The number of nitrogens with two attached hydrogens (primary N) is 1. The molecule has 0 aliphatic carbocycles. The lowest BCUT2D eigenvalue weighted by molar-refractivity contribution is -0.308. The Balaban J connectivity index is 0.00000500. The number of nitrogens with zero attached hydrogens (tertiary/aromatic N) is 2. The van der Waals surface area contributed by atoms with Crippen molar-refractivity contribution in [2.24, 2.45) is 11.7 Å². The summed E-state index contributed by atoms with van der Waals surface area (Å²) in [5.41, 5.74) is 11.9. The maximum Gasteiger partial charge on any atom is 0.330 e. The number of amides is 17. The van der Waals surface area contributed by atoms with Gasteiger partial charge in [0.15, 0.2) is 0 Å². The molecule has 0 unspecified atom stereocenters. The van der Waals surface area contributed by atoms with Crippen LogP contribution in [-0.2, 0) is 106 Å². The summed E-state index contributed by atoms with van der Waals surface area (Å²) in [6, 6.07) is 18.2. The van der Waals surface area contributed by atoms with Crippen LogP contribution in [0.5, 0.6) is 0 Å². The van der Waals surface area contributed by atoms with E-state index >= 15 is 24.0 Å². The van der Waals surface area contributed by atoms with E-state index in [-0.39, 0.29) is 82.1 Å². The summed E-state index contributed by atoms with van der Waals surface area (Å²) in [6.07, 6.45) is 3.20. The summed E-state index contributed by atoms with van der Waals surface area (Å²) in [4.78, 5) is 222. The van der Waals surface area contributed by atoms with Gasteiger partial charge in [0, 0.05) is 87.2 Å². The number of aliphatic carboxylic acids is 1. The Morgan fingerprint density at radius 3 is 1.57 bits per heavy atom. The zero-order valence-electron chi connectivity index (χ0n) is 69.0. The topological polar surface area (TPSA) is 555 Å². The molecular weight excluding hydrogens is 1600 g/mol. The molecule has 0 radical (unpaired) electrons. The number of aliphatic hydroxyl groups is 1. The standard InChI is InChI=1S/C83H105ClN18O16.C2H4O2/c1-46(2)35-61(73(108)93-60(16-9-10-33-88-47(3)4)81(116)102-34-12-17-69(102)80(115)90-48(5)71(85)106)94-75(110)63(37-50-18-20-53(21-19-50)44-89-82(86)117)96-77(112)65(39-52-25-30-59(31-26-52)92-72(107)67-42-70(105)101-83(118)100-67)98-79(114)68(45-103)99-78(113)66(41-55-13-11-32-87-43-55)97-76(111)64(38-51-23-28-58(84)29-24-51)95-74(109)62(91-49(6)104)40-54-22-27-56-14-7-8-15-57(56)36-54;1-2(3)4/h7-8,11,13-15,18-32,36,43,46-48,60-69,88,103H,9-10,12,16-17,33-35,37-42,44-45H2,1-6H3,(H2,85,106)(H,90,115)(H,91,104)(H,92,107)(H,93,108)(H,94,110)(H,95,109)(H,96,112)(H,97,111)(H,98,114)(H,99,113)(H3,86,89,117)(H2,100,101,105,118);1H3,(H,3,4)/t48-,60+,61+,62-,63-,64-,65+,66-,67+,68+,69+;/m1./s1. The van der Waals surface area contributed by atoms with E-state index in [0.717, 1.165) is 17.7 Å². The molecule has 36 nitrogen and oxygen atoms in total. The summed E-state index contributed by atoms with van der Waals surface area (Å²) in [5.74, 6) is -11.7. The predicted octanol–water partition coefficient (Wildman–Crippen LogP) is -0.768. The van der Waals surface area contributed by atoms with E-state index in [9.17, 15) is 53.1 Å². The number of quaternary nitrogens is 1. The van der Waals surface area contributed by atoms with Gasteiger partial charge in [-0.05, 0) is 139 Å². The number of hydrogen-bond acceptors (Lipinski definition) is 20. The third kappa shape index (κ3) is 32.1. The summed E-state index contributed by atoms with van der Waals surface area (Å²) >= 11 is 6.27. The molecule has 0 bridgehead atoms. The highest BCUT2D eigenvalue weighted by Crippen LogP contribution is 2.23. The predicted molar refractivity (Wildman–Crippen MR) is 447 cm³/mol. The van der Waals surface area contributed by atoms with Crippen molar-refractivity contribution in [3.05, 3.63) is 178 Å². The average molecular weight is 1710 g/mol. The van der Waals surface area contributed by atoms with Crippen molar-refractivity contribution in [2.75, 3.05) is 25.0 Å². The normalized spacial score (nSPS) is 15.8. The number of carboxylic acid groups (broad SMARTS) is 1. The lowest BCUT2D eigenvalue weighted by Gasteiger charge is -2.31. The fraction of sp³-hybridized carbons (Fsp3) is 0.424. The van der Waals surface area contributed by atoms with E-state index in [0.29, 0.717) is 64.2 Å². The molecule has 654 valence electrons. The van der Waals surface area contributed by atoms with Crippen molar-refractivity contribution in [1.82, 2.24) is 79.0 Å². The molecule has 0 spiro atoms. The molecular formula is C85H109ClN18O18. The van der Waals surface area contributed by atoms with Crippen LogP contribution in [0, 0.1) is 5.92 Å². The molecule has 20 N–H and O–H groups in total. The third-order valence-corrected chi connectivity index (χ3v) is 20.0. The summed E-state index contributed by atoms with van der Waals surface area (Å²) in [5, 5.41) is 59.6. The Morgan fingerprint density at radius 2 is 1.06 bits per heavy atom. The Labute approximate surface area is 710 Å². The molecule has 1 aromatic heterocycles. The van der Waals surface area contributed by atoms with Crippen LogP contribution in [0.15, 0.2) is 140 Å². The molecule has 6 aromatic rings. The highest BCUT2D eigenvalue weighted by molar-refractivity contribution is 6.30. The number of aromatic nitrogens is 1. The van der Waals surface area contributed by atoms with Crippen LogP contribution in [-0.4, -0.2) is 202 Å². The molecule has 3 heterocycles. The van der Waals surface area contributed by atoms with E-state index < -0.39 is 174 Å². The second kappa shape index (κ2) is 47.9. The minimum absolute atomic E-state index is 0.00628. The Bertz CT molecular complexity index is 4660. The number of anilines is 1. The fourth-order valence-corrected chi connectivity index (χ4v) is 13.6. The second-order valence-electron chi connectivity index (χ2n) is 30.7. The number of fused-ring (bicyclic) bond motifs is 1. The van der Waals surface area contributed by atoms with E-state index in [2.05, 4.69) is 85.2 Å². The smallest absolute Gasteiger partial charge is 0.330 e. The zero-order chi connectivity index (χ0) is 89.3. The molecule has 5 aromatic carbocycles. The van der Waals surface area contributed by atoms with Gasteiger partial charge in [-0.2, -0.15) is 0 Å². The van der Waals surface area contributed by atoms with Gasteiger partial charge in [-0.15, -0.1) is 0 Å². The van der Waals surface area contributed by atoms with Crippen molar-refractivity contribution in [2.45, 2.75) is 205 Å². The quantitative estimate of drug-likeness (QED) is 0.0209. The lowest BCUT2D eigenvalue weighted by Crippen LogP contribution is -2.66. The summed E-state index contributed by atoms with van der Waals surface area (Å²) < 4.78 is 0. The number of pyridine rings is 1. The lowest BCUT2D eigenvalue weighted by atomic mass is 9.99. The van der Waals surface area contributed by atoms with Crippen molar-refractivity contribution in [3.8, 4) is 0 Å². The van der Waals surface area contributed by atoms with Gasteiger partial charge in [0.2, 0.25) is 70.9 Å². The van der Waals surface area contributed by atoms with Crippen molar-refractivity contribution < 1.29 is 92.7 Å². The molecule has 17 amide bonds. The van der Waals surface area contributed by atoms with Crippen molar-refractivity contribution >= 4 is 123 Å². The van der Waals surface area contributed by atoms with E-state index in [1.165, 1.54) is 55.4 Å². The van der Waals surface area contributed by atoms with Crippen molar-refractivity contribution in [1.29, 1.82) is 0 Å². The number of carbonyl (C=O) groups is 16.